The Kier molecular flexibility index (Phi) is 7.87. The SMILES string of the molecule is CC(C)(C)OC(=O)N[C@@H](Cc1ccccc1)[C@H](O)CNC1CCOCC1. The molecule has 1 aromatic carbocycles. The zero-order valence-electron chi connectivity index (χ0n) is 16.0. The topological polar surface area (TPSA) is 79.8 Å². The van der Waals surface area contributed by atoms with Gasteiger partial charge in [-0.05, 0) is 45.6 Å². The quantitative estimate of drug-likeness (QED) is 0.692. The van der Waals surface area contributed by atoms with E-state index in [1.165, 1.54) is 0 Å². The van der Waals surface area contributed by atoms with Crippen molar-refractivity contribution in [1.82, 2.24) is 10.6 Å². The second kappa shape index (κ2) is 9.90. The molecular weight excluding hydrogens is 332 g/mol. The average molecular weight is 364 g/mol. The number of hydrogen-bond acceptors (Lipinski definition) is 5. The monoisotopic (exact) mass is 364 g/mol. The van der Waals surface area contributed by atoms with Crippen LogP contribution >= 0.6 is 0 Å². The molecule has 3 N–H and O–H groups in total. The van der Waals surface area contributed by atoms with Crippen molar-refractivity contribution in [2.45, 2.75) is 63.8 Å². The minimum atomic E-state index is -0.717. The van der Waals surface area contributed by atoms with Gasteiger partial charge in [-0.2, -0.15) is 0 Å². The minimum Gasteiger partial charge on any atom is -0.444 e. The van der Waals surface area contributed by atoms with E-state index < -0.39 is 23.8 Å². The van der Waals surface area contributed by atoms with Crippen molar-refractivity contribution in [2.75, 3.05) is 19.8 Å². The zero-order valence-corrected chi connectivity index (χ0v) is 16.0. The second-order valence-electron chi connectivity index (χ2n) is 7.80. The molecule has 0 bridgehead atoms. The molecule has 26 heavy (non-hydrogen) atoms. The first-order valence-corrected chi connectivity index (χ1v) is 9.36. The molecule has 0 spiro atoms. The Bertz CT molecular complexity index is 538. The summed E-state index contributed by atoms with van der Waals surface area (Å²) in [5, 5.41) is 16.9. The number of amides is 1. The number of hydrogen-bond donors (Lipinski definition) is 3. The van der Waals surface area contributed by atoms with Gasteiger partial charge in [0.2, 0.25) is 0 Å². The Morgan fingerprint density at radius 2 is 1.92 bits per heavy atom. The van der Waals surface area contributed by atoms with Crippen molar-refractivity contribution in [3.05, 3.63) is 35.9 Å². The van der Waals surface area contributed by atoms with Gasteiger partial charge in [0.1, 0.15) is 5.60 Å². The molecule has 6 heteroatoms. The van der Waals surface area contributed by atoms with Crippen LogP contribution in [0.4, 0.5) is 4.79 Å². The summed E-state index contributed by atoms with van der Waals surface area (Å²) in [5.41, 5.74) is 0.478. The number of ether oxygens (including phenoxy) is 2. The van der Waals surface area contributed by atoms with E-state index >= 15 is 0 Å². The molecule has 1 fully saturated rings. The number of carbonyl (C=O) groups is 1. The van der Waals surface area contributed by atoms with Gasteiger partial charge in [0.25, 0.3) is 0 Å². The fraction of sp³-hybridized carbons (Fsp3) is 0.650. The first kappa shape index (κ1) is 20.7. The van der Waals surface area contributed by atoms with E-state index in [9.17, 15) is 9.90 Å². The van der Waals surface area contributed by atoms with Crippen LogP contribution in [0.25, 0.3) is 0 Å². The zero-order chi connectivity index (χ0) is 19.0. The van der Waals surface area contributed by atoms with Gasteiger partial charge in [-0.25, -0.2) is 4.79 Å². The van der Waals surface area contributed by atoms with Crippen molar-refractivity contribution in [1.29, 1.82) is 0 Å². The fourth-order valence-corrected chi connectivity index (χ4v) is 2.94. The molecule has 1 aliphatic heterocycles. The van der Waals surface area contributed by atoms with E-state index in [4.69, 9.17) is 9.47 Å². The number of aliphatic hydroxyl groups is 1. The third-order valence-corrected chi connectivity index (χ3v) is 4.30. The third-order valence-electron chi connectivity index (χ3n) is 4.30. The number of benzene rings is 1. The molecule has 1 aromatic rings. The van der Waals surface area contributed by atoms with Crippen LogP contribution in [0.5, 0.6) is 0 Å². The Morgan fingerprint density at radius 3 is 2.54 bits per heavy atom. The maximum atomic E-state index is 12.2. The highest BCUT2D eigenvalue weighted by Gasteiger charge is 2.26. The summed E-state index contributed by atoms with van der Waals surface area (Å²) in [5.74, 6) is 0. The van der Waals surface area contributed by atoms with Crippen molar-refractivity contribution in [2.24, 2.45) is 0 Å². The van der Waals surface area contributed by atoms with Crippen LogP contribution in [-0.2, 0) is 15.9 Å². The lowest BCUT2D eigenvalue weighted by Crippen LogP contribution is -2.51. The van der Waals surface area contributed by atoms with Gasteiger partial charge in [-0.1, -0.05) is 30.3 Å². The van der Waals surface area contributed by atoms with Crippen molar-refractivity contribution in [3.8, 4) is 0 Å². The largest absolute Gasteiger partial charge is 0.444 e. The van der Waals surface area contributed by atoms with Crippen LogP contribution < -0.4 is 10.6 Å². The Labute approximate surface area is 156 Å². The molecule has 2 rings (SSSR count). The maximum absolute atomic E-state index is 12.2. The van der Waals surface area contributed by atoms with Crippen molar-refractivity contribution in [3.63, 3.8) is 0 Å². The molecule has 0 saturated carbocycles. The number of rotatable bonds is 7. The van der Waals surface area contributed by atoms with Gasteiger partial charge < -0.3 is 25.2 Å². The highest BCUT2D eigenvalue weighted by atomic mass is 16.6. The van der Waals surface area contributed by atoms with Gasteiger partial charge in [0.15, 0.2) is 0 Å². The summed E-state index contributed by atoms with van der Waals surface area (Å²) in [6, 6.07) is 9.74. The lowest BCUT2D eigenvalue weighted by molar-refractivity contribution is 0.0404. The highest BCUT2D eigenvalue weighted by molar-refractivity contribution is 5.68. The Balaban J connectivity index is 1.95. The van der Waals surface area contributed by atoms with E-state index in [1.54, 1.807) is 0 Å². The standard InChI is InChI=1S/C20H32N2O4/c1-20(2,3)26-19(24)22-17(13-15-7-5-4-6-8-15)18(23)14-21-16-9-11-25-12-10-16/h4-8,16-18,21,23H,9-14H2,1-3H3,(H,22,24)/t17-,18+/m0/s1. The van der Waals surface area contributed by atoms with Crippen molar-refractivity contribution < 1.29 is 19.4 Å². The van der Waals surface area contributed by atoms with E-state index in [1.807, 2.05) is 51.1 Å². The first-order chi connectivity index (χ1) is 12.3. The molecule has 0 unspecified atom stereocenters. The van der Waals surface area contributed by atoms with Crippen LogP contribution in [0, 0.1) is 0 Å². The van der Waals surface area contributed by atoms with Crippen LogP contribution in [0.2, 0.25) is 0 Å². The molecule has 6 nitrogen and oxygen atoms in total. The van der Waals surface area contributed by atoms with E-state index in [2.05, 4.69) is 10.6 Å². The van der Waals surface area contributed by atoms with Crippen LogP contribution in [0.3, 0.4) is 0 Å². The van der Waals surface area contributed by atoms with E-state index in [-0.39, 0.29) is 0 Å². The summed E-state index contributed by atoms with van der Waals surface area (Å²) >= 11 is 0. The maximum Gasteiger partial charge on any atom is 0.407 e. The summed E-state index contributed by atoms with van der Waals surface area (Å²) in [6.07, 6.45) is 1.19. The van der Waals surface area contributed by atoms with Gasteiger partial charge >= 0.3 is 6.09 Å². The Morgan fingerprint density at radius 1 is 1.27 bits per heavy atom. The predicted octanol–water partition coefficient (Wildman–Crippen LogP) is 2.25. The molecule has 0 aromatic heterocycles. The molecule has 1 heterocycles. The summed E-state index contributed by atoms with van der Waals surface area (Å²) in [6.45, 7) is 7.37. The molecule has 0 aliphatic carbocycles. The van der Waals surface area contributed by atoms with Crippen molar-refractivity contribution >= 4 is 6.09 Å². The molecule has 1 saturated heterocycles. The highest BCUT2D eigenvalue weighted by Crippen LogP contribution is 2.11. The van der Waals surface area contributed by atoms with E-state index in [0.717, 1.165) is 31.6 Å². The fourth-order valence-electron chi connectivity index (χ4n) is 2.94. The number of nitrogens with one attached hydrogen (secondary N) is 2. The van der Waals surface area contributed by atoms with Gasteiger partial charge in [0, 0.05) is 25.8 Å². The molecule has 1 aliphatic rings. The predicted molar refractivity (Wildman–Crippen MR) is 101 cm³/mol. The van der Waals surface area contributed by atoms with E-state index in [0.29, 0.717) is 19.0 Å². The summed E-state index contributed by atoms with van der Waals surface area (Å²) in [4.78, 5) is 12.2. The van der Waals surface area contributed by atoms with Gasteiger partial charge in [0.05, 0.1) is 12.1 Å². The first-order valence-electron chi connectivity index (χ1n) is 9.36. The molecular formula is C20H32N2O4. The number of alkyl carbamates (subject to hydrolysis) is 1. The smallest absolute Gasteiger partial charge is 0.407 e. The van der Waals surface area contributed by atoms with Crippen LogP contribution in [0.15, 0.2) is 30.3 Å². The minimum absolute atomic E-state index is 0.345. The number of carbonyl (C=O) groups excluding carboxylic acids is 1. The third kappa shape index (κ3) is 7.72. The molecule has 146 valence electrons. The van der Waals surface area contributed by atoms with Gasteiger partial charge in [-0.15, -0.1) is 0 Å². The van der Waals surface area contributed by atoms with Gasteiger partial charge in [-0.3, -0.25) is 0 Å². The lowest BCUT2D eigenvalue weighted by Gasteiger charge is -2.29. The molecule has 0 radical (unpaired) electrons. The van der Waals surface area contributed by atoms with Crippen LogP contribution in [0.1, 0.15) is 39.2 Å². The summed E-state index contributed by atoms with van der Waals surface area (Å²) in [7, 11) is 0. The summed E-state index contributed by atoms with van der Waals surface area (Å²) < 4.78 is 10.7. The molecule has 1 amide bonds. The normalized spacial score (nSPS) is 18.2. The molecule has 2 atom stereocenters. The average Bonchev–Trinajstić information content (AvgIpc) is 2.59. The lowest BCUT2D eigenvalue weighted by atomic mass is 10.0. The Hall–Kier alpha value is -1.63. The second-order valence-corrected chi connectivity index (χ2v) is 7.80. The van der Waals surface area contributed by atoms with Crippen LogP contribution in [-0.4, -0.2) is 54.7 Å². The number of aliphatic hydroxyl groups excluding tert-OH is 1.